The molecule has 0 aliphatic rings. The quantitative estimate of drug-likeness (QED) is 0.828. The first kappa shape index (κ1) is 17.0. The standard InChI is InChI=1S/C18H20N2O2S/c1-13(18(19)23)12-20-10-9-15(11-17(20)21)4-3-14-5-7-16(22-2)8-6-14/h3-11,13H,12H2,1-2H3,(H2,19,23)/b4-3+. The molecule has 5 heteroatoms. The van der Waals surface area contributed by atoms with E-state index in [4.69, 9.17) is 22.7 Å². The summed E-state index contributed by atoms with van der Waals surface area (Å²) >= 11 is 4.94. The highest BCUT2D eigenvalue weighted by Crippen LogP contribution is 2.13. The number of nitrogens with zero attached hydrogens (tertiary/aromatic N) is 1. The summed E-state index contributed by atoms with van der Waals surface area (Å²) in [6.45, 7) is 2.41. The smallest absolute Gasteiger partial charge is 0.251 e. The summed E-state index contributed by atoms with van der Waals surface area (Å²) < 4.78 is 6.74. The molecule has 0 amide bonds. The molecule has 2 N–H and O–H groups in total. The van der Waals surface area contributed by atoms with Crippen LogP contribution in [0.15, 0.2) is 47.4 Å². The van der Waals surface area contributed by atoms with Gasteiger partial charge >= 0.3 is 0 Å². The Morgan fingerprint density at radius 1 is 1.26 bits per heavy atom. The number of thiocarbonyl (C=S) groups is 1. The molecule has 0 bridgehead atoms. The number of hydrogen-bond acceptors (Lipinski definition) is 3. The van der Waals surface area contributed by atoms with Gasteiger partial charge in [0.05, 0.1) is 12.1 Å². The minimum Gasteiger partial charge on any atom is -0.497 e. The van der Waals surface area contributed by atoms with Crippen molar-refractivity contribution < 1.29 is 4.74 Å². The second-order valence-electron chi connectivity index (χ2n) is 5.36. The Morgan fingerprint density at radius 2 is 1.91 bits per heavy atom. The fourth-order valence-electron chi connectivity index (χ4n) is 2.07. The molecular weight excluding hydrogens is 308 g/mol. The van der Waals surface area contributed by atoms with Gasteiger partial charge in [0.1, 0.15) is 5.75 Å². The Kier molecular flexibility index (Phi) is 5.71. The molecule has 1 heterocycles. The van der Waals surface area contributed by atoms with Gasteiger partial charge in [0.25, 0.3) is 5.56 Å². The first-order valence-corrected chi connectivity index (χ1v) is 7.72. The molecule has 0 aliphatic heterocycles. The Labute approximate surface area is 141 Å². The van der Waals surface area contributed by atoms with Gasteiger partial charge in [0.2, 0.25) is 0 Å². The van der Waals surface area contributed by atoms with Gasteiger partial charge in [0, 0.05) is 24.7 Å². The summed E-state index contributed by atoms with van der Waals surface area (Å²) in [6.07, 6.45) is 5.63. The first-order valence-electron chi connectivity index (χ1n) is 7.31. The lowest BCUT2D eigenvalue weighted by Crippen LogP contribution is -2.28. The molecule has 4 nitrogen and oxygen atoms in total. The van der Waals surface area contributed by atoms with Gasteiger partial charge in [-0.2, -0.15) is 0 Å². The maximum absolute atomic E-state index is 12.1. The number of ether oxygens (including phenoxy) is 1. The zero-order valence-electron chi connectivity index (χ0n) is 13.2. The van der Waals surface area contributed by atoms with Crippen LogP contribution in [-0.4, -0.2) is 16.7 Å². The third kappa shape index (κ3) is 4.79. The van der Waals surface area contributed by atoms with Crippen molar-refractivity contribution in [3.8, 4) is 5.75 Å². The molecular formula is C18H20N2O2S. The minimum atomic E-state index is -0.0648. The Bertz CT molecular complexity index is 763. The molecule has 0 saturated heterocycles. The lowest BCUT2D eigenvalue weighted by Gasteiger charge is -2.11. The van der Waals surface area contributed by atoms with Crippen LogP contribution >= 0.6 is 12.2 Å². The van der Waals surface area contributed by atoms with Gasteiger partial charge in [-0.15, -0.1) is 0 Å². The van der Waals surface area contributed by atoms with Crippen molar-refractivity contribution in [2.75, 3.05) is 7.11 Å². The summed E-state index contributed by atoms with van der Waals surface area (Å²) in [4.78, 5) is 12.5. The molecule has 1 aromatic carbocycles. The molecule has 0 radical (unpaired) electrons. The SMILES string of the molecule is COc1ccc(/C=C/c2ccn(CC(C)C(N)=S)c(=O)c2)cc1. The number of rotatable bonds is 6. The summed E-state index contributed by atoms with van der Waals surface area (Å²) in [5.74, 6) is 0.806. The fourth-order valence-corrected chi connectivity index (χ4v) is 2.14. The van der Waals surface area contributed by atoms with Crippen LogP contribution in [0.2, 0.25) is 0 Å². The molecule has 1 unspecified atom stereocenters. The van der Waals surface area contributed by atoms with Gasteiger partial charge in [-0.1, -0.05) is 43.4 Å². The average Bonchev–Trinajstić information content (AvgIpc) is 2.55. The molecule has 1 atom stereocenters. The third-order valence-corrected chi connectivity index (χ3v) is 3.96. The van der Waals surface area contributed by atoms with E-state index in [-0.39, 0.29) is 11.5 Å². The molecule has 0 aliphatic carbocycles. The van der Waals surface area contributed by atoms with E-state index in [1.807, 2.05) is 49.4 Å². The molecule has 1 aromatic heterocycles. The van der Waals surface area contributed by atoms with E-state index in [1.165, 1.54) is 0 Å². The highest BCUT2D eigenvalue weighted by atomic mass is 32.1. The number of methoxy groups -OCH3 is 1. The summed E-state index contributed by atoms with van der Waals surface area (Å²) in [7, 11) is 1.64. The minimum absolute atomic E-state index is 0.0107. The van der Waals surface area contributed by atoms with Crippen LogP contribution in [0.3, 0.4) is 0 Å². The second-order valence-corrected chi connectivity index (χ2v) is 5.83. The maximum Gasteiger partial charge on any atom is 0.251 e. The van der Waals surface area contributed by atoms with Crippen molar-refractivity contribution in [2.24, 2.45) is 11.7 Å². The maximum atomic E-state index is 12.1. The lowest BCUT2D eigenvalue weighted by atomic mass is 10.1. The largest absolute Gasteiger partial charge is 0.497 e. The Morgan fingerprint density at radius 3 is 2.48 bits per heavy atom. The Balaban J connectivity index is 2.11. The summed E-state index contributed by atoms with van der Waals surface area (Å²) in [5, 5.41) is 0. The van der Waals surface area contributed by atoms with Gasteiger partial charge < -0.3 is 15.0 Å². The highest BCUT2D eigenvalue weighted by Gasteiger charge is 2.07. The van der Waals surface area contributed by atoms with E-state index in [0.29, 0.717) is 11.5 Å². The summed E-state index contributed by atoms with van der Waals surface area (Å²) in [6, 6.07) is 11.2. The van der Waals surface area contributed by atoms with E-state index >= 15 is 0 Å². The normalized spacial score (nSPS) is 12.3. The predicted molar refractivity (Wildman–Crippen MR) is 98.6 cm³/mol. The van der Waals surface area contributed by atoms with Crippen LogP contribution in [0.1, 0.15) is 18.1 Å². The van der Waals surface area contributed by atoms with Crippen LogP contribution in [-0.2, 0) is 6.54 Å². The Hall–Kier alpha value is -2.40. The van der Waals surface area contributed by atoms with Crippen LogP contribution in [0.4, 0.5) is 0 Å². The van der Waals surface area contributed by atoms with Gasteiger partial charge in [-0.3, -0.25) is 4.79 Å². The average molecular weight is 328 g/mol. The molecule has 0 saturated carbocycles. The molecule has 0 spiro atoms. The zero-order chi connectivity index (χ0) is 16.8. The van der Waals surface area contributed by atoms with Crippen molar-refractivity contribution in [1.29, 1.82) is 0 Å². The topological polar surface area (TPSA) is 57.2 Å². The number of hydrogen-bond donors (Lipinski definition) is 1. The highest BCUT2D eigenvalue weighted by molar-refractivity contribution is 7.80. The molecule has 0 fully saturated rings. The number of nitrogens with two attached hydrogens (primary N) is 1. The zero-order valence-corrected chi connectivity index (χ0v) is 14.0. The number of benzene rings is 1. The lowest BCUT2D eigenvalue weighted by molar-refractivity contribution is 0.415. The van der Waals surface area contributed by atoms with Gasteiger partial charge in [-0.05, 0) is 29.3 Å². The fraction of sp³-hybridized carbons (Fsp3) is 0.222. The number of pyridine rings is 1. The van der Waals surface area contributed by atoms with E-state index < -0.39 is 0 Å². The first-order chi connectivity index (χ1) is 11.0. The van der Waals surface area contributed by atoms with E-state index in [2.05, 4.69) is 0 Å². The van der Waals surface area contributed by atoms with Crippen LogP contribution < -0.4 is 16.0 Å². The predicted octanol–water partition coefficient (Wildman–Crippen LogP) is 2.95. The van der Waals surface area contributed by atoms with Crippen molar-refractivity contribution in [3.63, 3.8) is 0 Å². The van der Waals surface area contributed by atoms with Gasteiger partial charge in [-0.25, -0.2) is 0 Å². The van der Waals surface area contributed by atoms with E-state index in [0.717, 1.165) is 16.9 Å². The molecule has 2 rings (SSSR count). The van der Waals surface area contributed by atoms with Crippen LogP contribution in [0.25, 0.3) is 12.2 Å². The van der Waals surface area contributed by atoms with E-state index in [9.17, 15) is 4.79 Å². The molecule has 120 valence electrons. The van der Waals surface area contributed by atoms with Crippen molar-refractivity contribution in [3.05, 3.63) is 64.1 Å². The summed E-state index contributed by atoms with van der Waals surface area (Å²) in [5.41, 5.74) is 7.42. The van der Waals surface area contributed by atoms with Crippen molar-refractivity contribution >= 4 is 29.4 Å². The third-order valence-electron chi connectivity index (χ3n) is 3.56. The number of aromatic nitrogens is 1. The molecule has 23 heavy (non-hydrogen) atoms. The monoisotopic (exact) mass is 328 g/mol. The van der Waals surface area contributed by atoms with Crippen LogP contribution in [0.5, 0.6) is 5.75 Å². The molecule has 2 aromatic rings. The van der Waals surface area contributed by atoms with Gasteiger partial charge in [0.15, 0.2) is 0 Å². The van der Waals surface area contributed by atoms with E-state index in [1.54, 1.807) is 23.9 Å². The second kappa shape index (κ2) is 7.74. The van der Waals surface area contributed by atoms with Crippen LogP contribution in [0, 0.1) is 5.92 Å². The van der Waals surface area contributed by atoms with Crippen molar-refractivity contribution in [1.82, 2.24) is 4.57 Å². The van der Waals surface area contributed by atoms with Crippen molar-refractivity contribution in [2.45, 2.75) is 13.5 Å².